The number of ether oxygens (including phenoxy) is 1. The second kappa shape index (κ2) is 21.0. The van der Waals surface area contributed by atoms with Gasteiger partial charge in [0.2, 0.25) is 0 Å². The molecule has 1 N–H and O–H groups in total. The third-order valence-electron chi connectivity index (χ3n) is 4.59. The van der Waals surface area contributed by atoms with Crippen LogP contribution in [-0.2, 0) is 9.53 Å². The minimum atomic E-state index is -0.319. The van der Waals surface area contributed by atoms with Crippen molar-refractivity contribution in [2.24, 2.45) is 0 Å². The van der Waals surface area contributed by atoms with E-state index in [9.17, 15) is 4.79 Å². The standard InChI is InChI=1S/C22H43NO2.BrH/c1-5-6-7-8-9-10-11-12-13-14-15-16-17-18-19-23-21(4)25-22(24)20(2)3;/h21,23H,2,5-19H2,1,3-4H3;1H. The van der Waals surface area contributed by atoms with Crippen LogP contribution >= 0.6 is 17.0 Å². The molecule has 26 heavy (non-hydrogen) atoms. The fourth-order valence-corrected chi connectivity index (χ4v) is 2.93. The van der Waals surface area contributed by atoms with Crippen molar-refractivity contribution in [3.63, 3.8) is 0 Å². The maximum atomic E-state index is 11.4. The summed E-state index contributed by atoms with van der Waals surface area (Å²) in [6, 6.07) is 0. The Morgan fingerprint density at radius 3 is 1.62 bits per heavy atom. The van der Waals surface area contributed by atoms with Crippen LogP contribution in [-0.4, -0.2) is 18.7 Å². The van der Waals surface area contributed by atoms with Crippen molar-refractivity contribution in [2.45, 2.75) is 117 Å². The van der Waals surface area contributed by atoms with Crippen LogP contribution in [0.3, 0.4) is 0 Å². The summed E-state index contributed by atoms with van der Waals surface area (Å²) >= 11 is 0. The van der Waals surface area contributed by atoms with Gasteiger partial charge in [-0.05, 0) is 26.8 Å². The van der Waals surface area contributed by atoms with E-state index in [1.54, 1.807) is 6.92 Å². The molecule has 0 aliphatic carbocycles. The van der Waals surface area contributed by atoms with E-state index in [4.69, 9.17) is 4.74 Å². The highest BCUT2D eigenvalue weighted by Gasteiger charge is 2.08. The van der Waals surface area contributed by atoms with Gasteiger partial charge in [0.1, 0.15) is 0 Å². The van der Waals surface area contributed by atoms with Crippen molar-refractivity contribution < 1.29 is 9.53 Å². The molecule has 1 unspecified atom stereocenters. The predicted molar refractivity (Wildman–Crippen MR) is 119 cm³/mol. The van der Waals surface area contributed by atoms with Crippen molar-refractivity contribution in [1.29, 1.82) is 0 Å². The van der Waals surface area contributed by atoms with E-state index in [1.807, 2.05) is 6.92 Å². The number of hydrogen-bond acceptors (Lipinski definition) is 3. The van der Waals surface area contributed by atoms with Gasteiger partial charge in [-0.25, -0.2) is 4.79 Å². The first-order valence-corrected chi connectivity index (χ1v) is 10.7. The van der Waals surface area contributed by atoms with Crippen LogP contribution in [0.25, 0.3) is 0 Å². The van der Waals surface area contributed by atoms with E-state index in [0.29, 0.717) is 5.57 Å². The number of halogens is 1. The lowest BCUT2D eigenvalue weighted by Crippen LogP contribution is -2.31. The van der Waals surface area contributed by atoms with Gasteiger partial charge in [-0.2, -0.15) is 0 Å². The summed E-state index contributed by atoms with van der Waals surface area (Å²) in [5.74, 6) is -0.319. The molecule has 0 aromatic carbocycles. The summed E-state index contributed by atoms with van der Waals surface area (Å²) in [4.78, 5) is 11.4. The van der Waals surface area contributed by atoms with Crippen LogP contribution in [0.1, 0.15) is 111 Å². The van der Waals surface area contributed by atoms with Gasteiger partial charge in [-0.3, -0.25) is 5.32 Å². The topological polar surface area (TPSA) is 38.3 Å². The molecule has 0 radical (unpaired) electrons. The fourth-order valence-electron chi connectivity index (χ4n) is 2.93. The zero-order chi connectivity index (χ0) is 18.8. The average molecular weight is 435 g/mol. The highest BCUT2D eigenvalue weighted by Crippen LogP contribution is 2.12. The molecule has 0 rings (SSSR count). The van der Waals surface area contributed by atoms with Gasteiger partial charge in [-0.1, -0.05) is 97.0 Å². The van der Waals surface area contributed by atoms with Crippen molar-refractivity contribution in [2.75, 3.05) is 6.54 Å². The number of carbonyl (C=O) groups excluding carboxylic acids is 1. The molecule has 0 saturated heterocycles. The Morgan fingerprint density at radius 1 is 0.846 bits per heavy atom. The molecule has 4 heteroatoms. The lowest BCUT2D eigenvalue weighted by molar-refractivity contribution is -0.144. The summed E-state index contributed by atoms with van der Waals surface area (Å²) in [7, 11) is 0. The number of unbranched alkanes of at least 4 members (excludes halogenated alkanes) is 13. The molecule has 0 aliphatic heterocycles. The van der Waals surface area contributed by atoms with Crippen LogP contribution in [0.15, 0.2) is 12.2 Å². The zero-order valence-electron chi connectivity index (χ0n) is 17.6. The summed E-state index contributed by atoms with van der Waals surface area (Å²) < 4.78 is 5.18. The van der Waals surface area contributed by atoms with E-state index in [2.05, 4.69) is 18.8 Å². The Kier molecular flexibility index (Phi) is 22.5. The summed E-state index contributed by atoms with van der Waals surface area (Å²) in [5.41, 5.74) is 0.449. The number of esters is 1. The molecule has 0 amide bonds. The van der Waals surface area contributed by atoms with E-state index in [-0.39, 0.29) is 29.2 Å². The van der Waals surface area contributed by atoms with Crippen LogP contribution < -0.4 is 5.32 Å². The normalized spacial score (nSPS) is 11.7. The van der Waals surface area contributed by atoms with Gasteiger partial charge in [0.05, 0.1) is 0 Å². The maximum absolute atomic E-state index is 11.4. The SMILES string of the molecule is Br.C=C(C)C(=O)OC(C)NCCCCCCCCCCCCCCCC. The monoisotopic (exact) mass is 433 g/mol. The molecule has 0 bridgehead atoms. The number of carbonyl (C=O) groups is 1. The molecule has 0 aromatic rings. The van der Waals surface area contributed by atoms with Gasteiger partial charge < -0.3 is 4.74 Å². The molecular formula is C22H44BrNO2. The van der Waals surface area contributed by atoms with Gasteiger partial charge in [0.15, 0.2) is 6.23 Å². The summed E-state index contributed by atoms with van der Waals surface area (Å²) in [6.45, 7) is 10.3. The molecular weight excluding hydrogens is 390 g/mol. The number of rotatable bonds is 18. The Balaban J connectivity index is 0. The first kappa shape index (κ1) is 27.9. The van der Waals surface area contributed by atoms with E-state index in [0.717, 1.165) is 13.0 Å². The van der Waals surface area contributed by atoms with Crippen molar-refractivity contribution in [3.05, 3.63) is 12.2 Å². The van der Waals surface area contributed by atoms with Gasteiger partial charge in [0.25, 0.3) is 0 Å². The van der Waals surface area contributed by atoms with Crippen LogP contribution in [0.4, 0.5) is 0 Å². The molecule has 0 saturated carbocycles. The number of nitrogens with one attached hydrogen (secondary N) is 1. The molecule has 0 spiro atoms. The van der Waals surface area contributed by atoms with Crippen LogP contribution in [0.2, 0.25) is 0 Å². The third-order valence-corrected chi connectivity index (χ3v) is 4.59. The summed E-state index contributed by atoms with van der Waals surface area (Å²) in [6.07, 6.45) is 19.0. The van der Waals surface area contributed by atoms with Gasteiger partial charge in [-0.15, -0.1) is 17.0 Å². The smallest absolute Gasteiger partial charge is 0.334 e. The first-order valence-electron chi connectivity index (χ1n) is 10.7. The first-order chi connectivity index (χ1) is 12.1. The summed E-state index contributed by atoms with van der Waals surface area (Å²) in [5, 5.41) is 3.23. The van der Waals surface area contributed by atoms with Crippen molar-refractivity contribution in [1.82, 2.24) is 5.32 Å². The Bertz CT molecular complexity index is 334. The third kappa shape index (κ3) is 20.0. The highest BCUT2D eigenvalue weighted by molar-refractivity contribution is 8.93. The van der Waals surface area contributed by atoms with E-state index < -0.39 is 0 Å². The van der Waals surface area contributed by atoms with Gasteiger partial charge >= 0.3 is 5.97 Å². The molecule has 3 nitrogen and oxygen atoms in total. The molecule has 0 heterocycles. The van der Waals surface area contributed by atoms with Crippen LogP contribution in [0.5, 0.6) is 0 Å². The minimum Gasteiger partial charge on any atom is -0.444 e. The Labute approximate surface area is 173 Å². The minimum absolute atomic E-state index is 0. The Hall–Kier alpha value is -0.350. The average Bonchev–Trinajstić information content (AvgIpc) is 2.58. The van der Waals surface area contributed by atoms with E-state index >= 15 is 0 Å². The molecule has 0 fully saturated rings. The van der Waals surface area contributed by atoms with Crippen molar-refractivity contribution >= 4 is 23.0 Å². The van der Waals surface area contributed by atoms with E-state index in [1.165, 1.54) is 83.5 Å². The molecule has 0 aromatic heterocycles. The largest absolute Gasteiger partial charge is 0.444 e. The molecule has 0 aliphatic rings. The highest BCUT2D eigenvalue weighted by atomic mass is 79.9. The fraction of sp³-hybridized carbons (Fsp3) is 0.864. The lowest BCUT2D eigenvalue weighted by Gasteiger charge is -2.14. The van der Waals surface area contributed by atoms with Crippen molar-refractivity contribution in [3.8, 4) is 0 Å². The zero-order valence-corrected chi connectivity index (χ0v) is 19.3. The lowest BCUT2D eigenvalue weighted by atomic mass is 10.0. The van der Waals surface area contributed by atoms with Gasteiger partial charge in [0, 0.05) is 5.57 Å². The maximum Gasteiger partial charge on any atom is 0.334 e. The predicted octanol–water partition coefficient (Wildman–Crippen LogP) is 7.10. The molecule has 1 atom stereocenters. The van der Waals surface area contributed by atoms with Crippen LogP contribution in [0, 0.1) is 0 Å². The second-order valence-corrected chi connectivity index (χ2v) is 7.38. The Morgan fingerprint density at radius 2 is 1.23 bits per heavy atom. The number of hydrogen-bond donors (Lipinski definition) is 1. The second-order valence-electron chi connectivity index (χ2n) is 7.38. The quantitative estimate of drug-likeness (QED) is 0.108. The molecule has 156 valence electrons.